The molecule has 1 N–H and O–H groups in total. The summed E-state index contributed by atoms with van der Waals surface area (Å²) in [5.41, 5.74) is 2.46. The number of rotatable bonds is 6. The Labute approximate surface area is 119 Å². The average Bonchev–Trinajstić information content (AvgIpc) is 3.14. The van der Waals surface area contributed by atoms with E-state index >= 15 is 0 Å². The molecule has 1 aliphatic carbocycles. The van der Waals surface area contributed by atoms with Gasteiger partial charge in [0.05, 0.1) is 12.3 Å². The molecule has 1 aliphatic rings. The Bertz CT molecular complexity index is 564. The Morgan fingerprint density at radius 1 is 1.35 bits per heavy atom. The van der Waals surface area contributed by atoms with Gasteiger partial charge in [0.25, 0.3) is 0 Å². The lowest BCUT2D eigenvalue weighted by Gasteiger charge is -2.09. The predicted octanol–water partition coefficient (Wildman–Crippen LogP) is 2.81. The van der Waals surface area contributed by atoms with Gasteiger partial charge in [-0.3, -0.25) is 0 Å². The van der Waals surface area contributed by atoms with Gasteiger partial charge in [-0.1, -0.05) is 30.3 Å². The van der Waals surface area contributed by atoms with Crippen molar-refractivity contribution in [1.29, 1.82) is 0 Å². The van der Waals surface area contributed by atoms with E-state index in [-0.39, 0.29) is 0 Å². The number of ether oxygens (including phenoxy) is 1. The third-order valence-corrected chi connectivity index (χ3v) is 3.77. The van der Waals surface area contributed by atoms with Crippen molar-refractivity contribution >= 4 is 5.95 Å². The van der Waals surface area contributed by atoms with E-state index in [9.17, 15) is 0 Å². The number of hydrogen-bond acceptors (Lipinski definition) is 3. The fraction of sp³-hybridized carbons (Fsp3) is 0.438. The van der Waals surface area contributed by atoms with Crippen molar-refractivity contribution in [2.75, 3.05) is 19.0 Å². The van der Waals surface area contributed by atoms with Crippen molar-refractivity contribution in [3.05, 3.63) is 47.8 Å². The summed E-state index contributed by atoms with van der Waals surface area (Å²) in [5, 5.41) is 3.56. The number of aryl methyl sites for hydroxylation is 1. The Balaban J connectivity index is 1.65. The van der Waals surface area contributed by atoms with Crippen LogP contribution in [0.5, 0.6) is 0 Å². The molecule has 106 valence electrons. The Morgan fingerprint density at radius 2 is 2.15 bits per heavy atom. The second kappa shape index (κ2) is 5.67. The van der Waals surface area contributed by atoms with E-state index in [1.807, 2.05) is 6.92 Å². The van der Waals surface area contributed by atoms with Gasteiger partial charge >= 0.3 is 0 Å². The van der Waals surface area contributed by atoms with Gasteiger partial charge in [-0.05, 0) is 18.9 Å². The highest BCUT2D eigenvalue weighted by atomic mass is 16.5. The van der Waals surface area contributed by atoms with Gasteiger partial charge in [-0.15, -0.1) is 0 Å². The Morgan fingerprint density at radius 3 is 2.90 bits per heavy atom. The number of nitrogens with one attached hydrogen (secondary N) is 1. The van der Waals surface area contributed by atoms with Gasteiger partial charge in [0.1, 0.15) is 0 Å². The first-order valence-corrected chi connectivity index (χ1v) is 7.12. The number of imidazole rings is 1. The van der Waals surface area contributed by atoms with Gasteiger partial charge in [0.2, 0.25) is 5.95 Å². The lowest BCUT2D eigenvalue weighted by atomic mass is 10.1. The van der Waals surface area contributed by atoms with Crippen LogP contribution in [0.2, 0.25) is 0 Å². The first kappa shape index (κ1) is 13.2. The van der Waals surface area contributed by atoms with E-state index in [1.165, 1.54) is 12.0 Å². The third kappa shape index (κ3) is 2.85. The molecular formula is C16H21N3O. The van der Waals surface area contributed by atoms with Gasteiger partial charge in [0.15, 0.2) is 0 Å². The molecule has 1 aromatic heterocycles. The van der Waals surface area contributed by atoms with E-state index in [0.717, 1.165) is 18.2 Å². The zero-order chi connectivity index (χ0) is 13.9. The highest BCUT2D eigenvalue weighted by molar-refractivity contribution is 5.38. The molecule has 0 bridgehead atoms. The summed E-state index contributed by atoms with van der Waals surface area (Å²) in [5.74, 6) is 1.58. The van der Waals surface area contributed by atoms with Gasteiger partial charge < -0.3 is 14.6 Å². The van der Waals surface area contributed by atoms with Crippen LogP contribution in [0, 0.1) is 6.92 Å². The molecular weight excluding hydrogens is 250 g/mol. The minimum Gasteiger partial charge on any atom is -0.383 e. The first-order valence-electron chi connectivity index (χ1n) is 7.12. The number of hydrogen-bond donors (Lipinski definition) is 1. The summed E-state index contributed by atoms with van der Waals surface area (Å²) in [4.78, 5) is 4.57. The molecule has 3 rings (SSSR count). The zero-order valence-corrected chi connectivity index (χ0v) is 12.0. The van der Waals surface area contributed by atoms with Crippen molar-refractivity contribution in [3.8, 4) is 0 Å². The molecule has 0 amide bonds. The van der Waals surface area contributed by atoms with E-state index in [0.29, 0.717) is 18.6 Å². The third-order valence-electron chi connectivity index (χ3n) is 3.77. The van der Waals surface area contributed by atoms with Gasteiger partial charge in [0, 0.05) is 31.8 Å². The summed E-state index contributed by atoms with van der Waals surface area (Å²) < 4.78 is 7.28. The van der Waals surface area contributed by atoms with E-state index < -0.39 is 0 Å². The molecule has 1 fully saturated rings. The maximum absolute atomic E-state index is 5.14. The van der Waals surface area contributed by atoms with E-state index in [1.54, 1.807) is 7.11 Å². The highest BCUT2D eigenvalue weighted by Crippen LogP contribution is 2.42. The summed E-state index contributed by atoms with van der Waals surface area (Å²) in [6, 6.07) is 11.2. The van der Waals surface area contributed by atoms with Crippen LogP contribution in [0.25, 0.3) is 0 Å². The van der Waals surface area contributed by atoms with Crippen LogP contribution in [0.4, 0.5) is 5.95 Å². The maximum atomic E-state index is 5.14. The van der Waals surface area contributed by atoms with Crippen LogP contribution in [0.15, 0.2) is 36.5 Å². The fourth-order valence-corrected chi connectivity index (χ4v) is 2.61. The second-order valence-electron chi connectivity index (χ2n) is 5.40. The maximum Gasteiger partial charge on any atom is 0.203 e. The molecule has 20 heavy (non-hydrogen) atoms. The summed E-state index contributed by atoms with van der Waals surface area (Å²) in [7, 11) is 1.73. The number of anilines is 1. The van der Waals surface area contributed by atoms with Crippen molar-refractivity contribution in [2.45, 2.75) is 31.8 Å². The molecule has 4 nitrogen and oxygen atoms in total. The summed E-state index contributed by atoms with van der Waals surface area (Å²) in [6.07, 6.45) is 3.25. The summed E-state index contributed by atoms with van der Waals surface area (Å²) in [6.45, 7) is 3.57. The fourth-order valence-electron chi connectivity index (χ4n) is 2.61. The highest BCUT2D eigenvalue weighted by Gasteiger charge is 2.38. The standard InChI is InChI=1S/C16H21N3O/c1-12-11-19(8-9-20-2)16(17-12)18-15-10-14(15)13-6-4-3-5-7-13/h3-7,11,14-15H,8-10H2,1-2H3,(H,17,18). The van der Waals surface area contributed by atoms with Crippen LogP contribution >= 0.6 is 0 Å². The zero-order valence-electron chi connectivity index (χ0n) is 12.0. The molecule has 0 radical (unpaired) electrons. The van der Waals surface area contributed by atoms with E-state index in [4.69, 9.17) is 4.74 Å². The SMILES string of the molecule is COCCn1cc(C)nc1NC1CC1c1ccccc1. The van der Waals surface area contributed by atoms with Crippen molar-refractivity contribution in [2.24, 2.45) is 0 Å². The van der Waals surface area contributed by atoms with Crippen molar-refractivity contribution in [3.63, 3.8) is 0 Å². The smallest absolute Gasteiger partial charge is 0.203 e. The largest absolute Gasteiger partial charge is 0.383 e. The molecule has 2 atom stereocenters. The second-order valence-corrected chi connectivity index (χ2v) is 5.40. The lowest BCUT2D eigenvalue weighted by molar-refractivity contribution is 0.187. The molecule has 2 aromatic rings. The number of methoxy groups -OCH3 is 1. The Hall–Kier alpha value is -1.81. The topological polar surface area (TPSA) is 39.1 Å². The number of aromatic nitrogens is 2. The Kier molecular flexibility index (Phi) is 3.74. The van der Waals surface area contributed by atoms with Crippen LogP contribution in [-0.4, -0.2) is 29.3 Å². The molecule has 0 spiro atoms. The molecule has 2 unspecified atom stereocenters. The van der Waals surface area contributed by atoms with Gasteiger partial charge in [-0.2, -0.15) is 0 Å². The monoisotopic (exact) mass is 271 g/mol. The van der Waals surface area contributed by atoms with E-state index in [2.05, 4.69) is 51.4 Å². The number of nitrogens with zero attached hydrogens (tertiary/aromatic N) is 2. The summed E-state index contributed by atoms with van der Waals surface area (Å²) >= 11 is 0. The molecule has 0 saturated heterocycles. The van der Waals surface area contributed by atoms with Crippen LogP contribution in [0.1, 0.15) is 23.6 Å². The van der Waals surface area contributed by atoms with Crippen LogP contribution in [0.3, 0.4) is 0 Å². The normalized spacial score (nSPS) is 20.9. The lowest BCUT2D eigenvalue weighted by Crippen LogP contribution is -2.12. The minimum absolute atomic E-state index is 0.500. The molecule has 1 heterocycles. The molecule has 0 aliphatic heterocycles. The van der Waals surface area contributed by atoms with Crippen LogP contribution < -0.4 is 5.32 Å². The van der Waals surface area contributed by atoms with Crippen LogP contribution in [-0.2, 0) is 11.3 Å². The molecule has 1 aromatic carbocycles. The molecule has 1 saturated carbocycles. The van der Waals surface area contributed by atoms with Crippen molar-refractivity contribution in [1.82, 2.24) is 9.55 Å². The minimum atomic E-state index is 0.500. The van der Waals surface area contributed by atoms with Crippen molar-refractivity contribution < 1.29 is 4.74 Å². The molecule has 4 heteroatoms. The van der Waals surface area contributed by atoms with Gasteiger partial charge in [-0.25, -0.2) is 4.98 Å². The predicted molar refractivity (Wildman–Crippen MR) is 80.1 cm³/mol. The number of benzene rings is 1. The first-order chi connectivity index (χ1) is 9.78. The average molecular weight is 271 g/mol. The quantitative estimate of drug-likeness (QED) is 0.878.